The molecule has 2 aromatic heterocycles. The Bertz CT molecular complexity index is 1310. The lowest BCUT2D eigenvalue weighted by molar-refractivity contribution is -0.123. The number of nitrogens with zero attached hydrogens (tertiary/aromatic N) is 4. The molecular weight excluding hydrogens is 416 g/mol. The molecule has 4 unspecified atom stereocenters. The zero-order valence-corrected chi connectivity index (χ0v) is 17.3. The number of nitrogens with one attached hydrogen (secondary N) is 1. The van der Waals surface area contributed by atoms with E-state index >= 15 is 0 Å². The van der Waals surface area contributed by atoms with Crippen molar-refractivity contribution in [3.63, 3.8) is 0 Å². The van der Waals surface area contributed by atoms with Crippen LogP contribution in [0.4, 0.5) is 14.6 Å². The zero-order valence-electron chi connectivity index (χ0n) is 17.3. The summed E-state index contributed by atoms with van der Waals surface area (Å²) in [7, 11) is 1.64. The van der Waals surface area contributed by atoms with Crippen molar-refractivity contribution in [1.82, 2.24) is 20.1 Å². The first-order valence-corrected chi connectivity index (χ1v) is 10.3. The van der Waals surface area contributed by atoms with Crippen LogP contribution in [-0.4, -0.2) is 39.2 Å². The van der Waals surface area contributed by atoms with Crippen LogP contribution in [0.1, 0.15) is 34.5 Å². The number of amides is 2. The predicted octanol–water partition coefficient (Wildman–Crippen LogP) is 2.48. The lowest BCUT2D eigenvalue weighted by Gasteiger charge is -2.28. The van der Waals surface area contributed by atoms with Gasteiger partial charge in [0.05, 0.1) is 12.7 Å². The second kappa shape index (κ2) is 5.99. The number of anilines is 1. The van der Waals surface area contributed by atoms with Gasteiger partial charge >= 0.3 is 0 Å². The fourth-order valence-corrected chi connectivity index (χ4v) is 5.66. The molecule has 2 aliphatic carbocycles. The van der Waals surface area contributed by atoms with Crippen LogP contribution in [0.15, 0.2) is 48.8 Å². The Morgan fingerprint density at radius 2 is 1.94 bits per heavy atom. The maximum Gasteiger partial charge on any atom is 0.275 e. The molecule has 4 heterocycles. The molecule has 32 heavy (non-hydrogen) atoms. The fraction of sp³-hybridized carbons (Fsp3) is 0.304. The van der Waals surface area contributed by atoms with Gasteiger partial charge in [0.2, 0.25) is 0 Å². The number of halogens is 2. The van der Waals surface area contributed by atoms with Crippen LogP contribution in [-0.2, 0) is 11.3 Å². The van der Waals surface area contributed by atoms with Crippen molar-refractivity contribution in [3.8, 4) is 0 Å². The highest BCUT2D eigenvalue weighted by Gasteiger charge is 2.98. The number of carbonyl (C=O) groups is 2. The van der Waals surface area contributed by atoms with Crippen LogP contribution >= 0.6 is 0 Å². The molecule has 162 valence electrons. The van der Waals surface area contributed by atoms with Gasteiger partial charge in [-0.05, 0) is 29.3 Å². The largest absolute Gasteiger partial charge is 0.335 e. The Labute approximate surface area is 182 Å². The van der Waals surface area contributed by atoms with Crippen molar-refractivity contribution in [1.29, 1.82) is 0 Å². The third-order valence-corrected chi connectivity index (χ3v) is 7.36. The first-order chi connectivity index (χ1) is 15.3. The molecule has 2 aliphatic heterocycles. The number of hydrogen-bond acceptors (Lipinski definition) is 4. The van der Waals surface area contributed by atoms with E-state index in [4.69, 9.17) is 0 Å². The quantitative estimate of drug-likeness (QED) is 0.683. The molecule has 2 amide bonds. The molecule has 2 bridgehead atoms. The van der Waals surface area contributed by atoms with E-state index in [2.05, 4.69) is 15.4 Å². The van der Waals surface area contributed by atoms with E-state index in [-0.39, 0.29) is 35.8 Å². The highest BCUT2D eigenvalue weighted by molar-refractivity contribution is 6.11. The third kappa shape index (κ3) is 2.23. The van der Waals surface area contributed by atoms with Crippen LogP contribution < -0.4 is 10.2 Å². The zero-order chi connectivity index (χ0) is 22.4. The Morgan fingerprint density at radius 3 is 2.66 bits per heavy atom. The van der Waals surface area contributed by atoms with Crippen LogP contribution in [0.2, 0.25) is 0 Å². The molecule has 1 N–H and O–H groups in total. The lowest BCUT2D eigenvalue weighted by Crippen LogP contribution is -2.56. The van der Waals surface area contributed by atoms with Crippen molar-refractivity contribution >= 4 is 17.6 Å². The van der Waals surface area contributed by atoms with Crippen molar-refractivity contribution in [2.24, 2.45) is 11.3 Å². The van der Waals surface area contributed by atoms with Gasteiger partial charge in [-0.2, -0.15) is 5.10 Å². The van der Waals surface area contributed by atoms with E-state index in [1.165, 1.54) is 21.7 Å². The molecule has 0 saturated heterocycles. The molecule has 1 aromatic carbocycles. The van der Waals surface area contributed by atoms with Crippen LogP contribution in [0.25, 0.3) is 0 Å². The molecule has 9 heteroatoms. The number of likely N-dealkylation sites (N-methyl/N-ethyl adjacent to an activating group) is 1. The van der Waals surface area contributed by atoms with Crippen LogP contribution in [0, 0.1) is 23.0 Å². The number of benzene rings is 1. The summed E-state index contributed by atoms with van der Waals surface area (Å²) in [4.78, 5) is 32.2. The summed E-state index contributed by atoms with van der Waals surface area (Å²) in [6.45, 7) is 2.15. The minimum Gasteiger partial charge on any atom is -0.335 e. The van der Waals surface area contributed by atoms with Crippen molar-refractivity contribution in [2.75, 3.05) is 11.9 Å². The SMILES string of the molecule is CN1C(=O)C2(NC(=O)c3nn(Cc4ccc(F)cc4)cc3F)C3C(c4cccnc41)C32C. The summed E-state index contributed by atoms with van der Waals surface area (Å²) in [5, 5.41) is 6.89. The lowest BCUT2D eigenvalue weighted by atomic mass is 9.86. The molecule has 4 atom stereocenters. The molecule has 4 aliphatic rings. The normalized spacial score (nSPS) is 29.1. The Balaban J connectivity index is 1.27. The minimum atomic E-state index is -1.09. The van der Waals surface area contributed by atoms with Gasteiger partial charge in [0.1, 0.15) is 17.2 Å². The smallest absolute Gasteiger partial charge is 0.275 e. The summed E-state index contributed by atoms with van der Waals surface area (Å²) in [5.74, 6) is -1.46. The number of carbonyl (C=O) groups excluding carboxylic acids is 2. The average Bonchev–Trinajstić information content (AvgIpc) is 3.52. The second-order valence-corrected chi connectivity index (χ2v) is 8.93. The Hall–Kier alpha value is -3.62. The number of aromatic nitrogens is 3. The average molecular weight is 435 g/mol. The minimum absolute atomic E-state index is 0.0521. The van der Waals surface area contributed by atoms with Gasteiger partial charge in [0, 0.05) is 30.5 Å². The van der Waals surface area contributed by atoms with Gasteiger partial charge in [-0.15, -0.1) is 0 Å². The molecular formula is C23H19F2N5O2. The van der Waals surface area contributed by atoms with Crippen molar-refractivity contribution in [2.45, 2.75) is 24.9 Å². The van der Waals surface area contributed by atoms with E-state index in [1.54, 1.807) is 25.4 Å². The number of hydrogen-bond donors (Lipinski definition) is 1. The molecule has 7 nitrogen and oxygen atoms in total. The van der Waals surface area contributed by atoms with Gasteiger partial charge in [0.25, 0.3) is 11.8 Å². The Kier molecular flexibility index (Phi) is 3.58. The summed E-state index contributed by atoms with van der Waals surface area (Å²) < 4.78 is 29.0. The van der Waals surface area contributed by atoms with Crippen LogP contribution in [0.5, 0.6) is 0 Å². The molecule has 2 saturated carbocycles. The van der Waals surface area contributed by atoms with E-state index in [9.17, 15) is 18.4 Å². The second-order valence-electron chi connectivity index (χ2n) is 8.93. The summed E-state index contributed by atoms with van der Waals surface area (Å²) in [5.41, 5.74) is -0.173. The first-order valence-electron chi connectivity index (χ1n) is 10.3. The topological polar surface area (TPSA) is 80.1 Å². The monoisotopic (exact) mass is 435 g/mol. The number of pyridine rings is 1. The van der Waals surface area contributed by atoms with E-state index < -0.39 is 22.7 Å². The summed E-state index contributed by atoms with van der Waals surface area (Å²) >= 11 is 0. The van der Waals surface area contributed by atoms with Crippen molar-refractivity contribution < 1.29 is 18.4 Å². The Morgan fingerprint density at radius 1 is 1.22 bits per heavy atom. The highest BCUT2D eigenvalue weighted by atomic mass is 19.1. The highest BCUT2D eigenvalue weighted by Crippen LogP contribution is 2.91. The van der Waals surface area contributed by atoms with Gasteiger partial charge in [-0.25, -0.2) is 13.8 Å². The molecule has 2 fully saturated rings. The van der Waals surface area contributed by atoms with Gasteiger partial charge < -0.3 is 5.32 Å². The van der Waals surface area contributed by atoms with Crippen molar-refractivity contribution in [3.05, 3.63) is 77.2 Å². The molecule has 7 rings (SSSR count). The number of rotatable bonds is 4. The summed E-state index contributed by atoms with van der Waals surface area (Å²) in [6.07, 6.45) is 2.76. The third-order valence-electron chi connectivity index (χ3n) is 7.36. The van der Waals surface area contributed by atoms with Gasteiger partial charge in [-0.3, -0.25) is 19.2 Å². The standard InChI is InChI=1S/C23H19F2N5O2/c1-22-16-14-4-3-9-26-19(14)29(2)21(32)23(22,18(16)22)27-20(31)17-15(25)11-30(28-17)10-12-5-7-13(24)8-6-12/h3-9,11,16,18H,10H2,1-2H3,(H,27,31). The van der Waals surface area contributed by atoms with Gasteiger partial charge in [-0.1, -0.05) is 25.1 Å². The molecule has 0 spiro atoms. The fourth-order valence-electron chi connectivity index (χ4n) is 5.66. The summed E-state index contributed by atoms with van der Waals surface area (Å²) in [6, 6.07) is 9.55. The van der Waals surface area contributed by atoms with E-state index in [1.807, 2.05) is 19.1 Å². The maximum absolute atomic E-state index is 14.6. The van der Waals surface area contributed by atoms with E-state index in [0.717, 1.165) is 11.8 Å². The number of fused-ring (bicyclic) bond motifs is 1. The first kappa shape index (κ1) is 19.1. The molecule has 3 aromatic rings. The van der Waals surface area contributed by atoms with Gasteiger partial charge in [0.15, 0.2) is 11.5 Å². The van der Waals surface area contributed by atoms with Crippen LogP contribution in [0.3, 0.4) is 0 Å². The maximum atomic E-state index is 14.6. The van der Waals surface area contributed by atoms with E-state index in [0.29, 0.717) is 11.4 Å². The molecule has 0 radical (unpaired) electrons. The predicted molar refractivity (Wildman–Crippen MR) is 110 cm³/mol.